The van der Waals surface area contributed by atoms with E-state index in [1.807, 2.05) is 24.3 Å². The number of aryl methyl sites for hydroxylation is 2. The second-order valence-electron chi connectivity index (χ2n) is 4.35. The van der Waals surface area contributed by atoms with Crippen LogP contribution in [0.5, 0.6) is 0 Å². The Labute approximate surface area is 112 Å². The Balaban J connectivity index is 2.13. The van der Waals surface area contributed by atoms with Crippen molar-refractivity contribution < 1.29 is 4.79 Å². The van der Waals surface area contributed by atoms with Crippen LogP contribution in [0.25, 0.3) is 0 Å². The fourth-order valence-electron chi connectivity index (χ4n) is 1.91. The first kappa shape index (κ1) is 12.9. The first-order valence-corrected chi connectivity index (χ1v) is 6.92. The molecule has 2 rings (SSSR count). The van der Waals surface area contributed by atoms with E-state index in [0.717, 1.165) is 22.5 Å². The molecule has 0 unspecified atom stereocenters. The monoisotopic (exact) mass is 256 g/mol. The lowest BCUT2D eigenvalue weighted by molar-refractivity contribution is 0.112. The Kier molecular flexibility index (Phi) is 4.21. The van der Waals surface area contributed by atoms with Crippen molar-refractivity contribution in [3.05, 3.63) is 64.7 Å². The Bertz CT molecular complexity index is 541. The molecule has 1 nitrogen and oxygen atoms in total. The van der Waals surface area contributed by atoms with Gasteiger partial charge in [-0.1, -0.05) is 30.3 Å². The van der Waals surface area contributed by atoms with Gasteiger partial charge in [0.1, 0.15) is 6.29 Å². The third-order valence-corrected chi connectivity index (χ3v) is 4.04. The van der Waals surface area contributed by atoms with E-state index >= 15 is 0 Å². The Morgan fingerprint density at radius 3 is 2.39 bits per heavy atom. The molecule has 0 aliphatic rings. The number of carbonyl (C=O) groups is 1. The van der Waals surface area contributed by atoms with Crippen LogP contribution in [0.1, 0.15) is 27.0 Å². The van der Waals surface area contributed by atoms with Crippen LogP contribution in [0.2, 0.25) is 0 Å². The summed E-state index contributed by atoms with van der Waals surface area (Å²) in [7, 11) is 0. The number of aldehydes is 1. The molecule has 0 atom stereocenters. The van der Waals surface area contributed by atoms with Crippen molar-refractivity contribution in [2.75, 3.05) is 0 Å². The van der Waals surface area contributed by atoms with Gasteiger partial charge in [-0.25, -0.2) is 0 Å². The molecule has 2 aromatic rings. The molecule has 0 radical (unpaired) electrons. The maximum absolute atomic E-state index is 10.7. The fourth-order valence-corrected chi connectivity index (χ4v) is 3.07. The maximum Gasteiger partial charge on any atom is 0.150 e. The highest BCUT2D eigenvalue weighted by atomic mass is 32.2. The van der Waals surface area contributed by atoms with E-state index in [0.29, 0.717) is 0 Å². The van der Waals surface area contributed by atoms with Crippen LogP contribution in [-0.2, 0) is 5.75 Å². The van der Waals surface area contributed by atoms with Gasteiger partial charge in [0.2, 0.25) is 0 Å². The number of benzene rings is 2. The molecule has 0 aliphatic heterocycles. The molecule has 0 aliphatic carbocycles. The summed E-state index contributed by atoms with van der Waals surface area (Å²) in [4.78, 5) is 11.9. The summed E-state index contributed by atoms with van der Waals surface area (Å²) < 4.78 is 0. The van der Waals surface area contributed by atoms with Crippen molar-refractivity contribution in [3.8, 4) is 0 Å². The van der Waals surface area contributed by atoms with Crippen LogP contribution >= 0.6 is 11.8 Å². The zero-order valence-corrected chi connectivity index (χ0v) is 11.5. The van der Waals surface area contributed by atoms with Crippen molar-refractivity contribution >= 4 is 18.0 Å². The molecule has 2 aromatic carbocycles. The van der Waals surface area contributed by atoms with E-state index in [1.165, 1.54) is 16.7 Å². The standard InChI is InChI=1S/C16H16OS/c1-12-5-3-6-13(2)16(12)11-18-15-8-4-7-14(9-15)10-17/h3-10H,11H2,1-2H3. The van der Waals surface area contributed by atoms with Gasteiger partial charge in [0.25, 0.3) is 0 Å². The predicted octanol–water partition coefficient (Wildman–Crippen LogP) is 4.41. The molecule has 0 N–H and O–H groups in total. The van der Waals surface area contributed by atoms with Crippen LogP contribution in [0.15, 0.2) is 47.4 Å². The van der Waals surface area contributed by atoms with Gasteiger partial charge in [-0.15, -0.1) is 11.8 Å². The van der Waals surface area contributed by atoms with Gasteiger partial charge in [0.15, 0.2) is 0 Å². The van der Waals surface area contributed by atoms with E-state index in [4.69, 9.17) is 0 Å². The first-order valence-electron chi connectivity index (χ1n) is 5.94. The lowest BCUT2D eigenvalue weighted by Gasteiger charge is -2.09. The lowest BCUT2D eigenvalue weighted by atomic mass is 10.1. The molecule has 0 amide bonds. The minimum atomic E-state index is 0.738. The molecule has 18 heavy (non-hydrogen) atoms. The molecular weight excluding hydrogens is 240 g/mol. The lowest BCUT2D eigenvalue weighted by Crippen LogP contribution is -1.91. The zero-order chi connectivity index (χ0) is 13.0. The maximum atomic E-state index is 10.7. The van der Waals surface area contributed by atoms with Gasteiger partial charge in [0, 0.05) is 16.2 Å². The third-order valence-electron chi connectivity index (χ3n) is 3.02. The molecule has 0 fully saturated rings. The normalized spacial score (nSPS) is 10.3. The van der Waals surface area contributed by atoms with Gasteiger partial charge in [-0.05, 0) is 42.7 Å². The van der Waals surface area contributed by atoms with Crippen molar-refractivity contribution in [1.29, 1.82) is 0 Å². The average molecular weight is 256 g/mol. The summed E-state index contributed by atoms with van der Waals surface area (Å²) in [6.07, 6.45) is 0.892. The molecule has 0 spiro atoms. The summed E-state index contributed by atoms with van der Waals surface area (Å²) in [5, 5.41) is 0. The summed E-state index contributed by atoms with van der Waals surface area (Å²) >= 11 is 1.77. The van der Waals surface area contributed by atoms with Gasteiger partial charge in [-0.2, -0.15) is 0 Å². The van der Waals surface area contributed by atoms with Crippen molar-refractivity contribution in [3.63, 3.8) is 0 Å². The molecule has 0 bridgehead atoms. The highest BCUT2D eigenvalue weighted by Crippen LogP contribution is 2.26. The van der Waals surface area contributed by atoms with E-state index < -0.39 is 0 Å². The van der Waals surface area contributed by atoms with Gasteiger partial charge in [-0.3, -0.25) is 4.79 Å². The topological polar surface area (TPSA) is 17.1 Å². The van der Waals surface area contributed by atoms with Gasteiger partial charge in [0.05, 0.1) is 0 Å². The predicted molar refractivity (Wildman–Crippen MR) is 77.3 cm³/mol. The summed E-state index contributed by atoms with van der Waals surface area (Å²) in [5.41, 5.74) is 4.78. The second kappa shape index (κ2) is 5.87. The Hall–Kier alpha value is -1.54. The van der Waals surface area contributed by atoms with Crippen molar-refractivity contribution in [1.82, 2.24) is 0 Å². The zero-order valence-electron chi connectivity index (χ0n) is 10.6. The van der Waals surface area contributed by atoms with Gasteiger partial charge < -0.3 is 0 Å². The van der Waals surface area contributed by atoms with Crippen LogP contribution in [-0.4, -0.2) is 6.29 Å². The Morgan fingerprint density at radius 2 is 1.72 bits per heavy atom. The molecule has 92 valence electrons. The molecule has 0 saturated heterocycles. The number of hydrogen-bond acceptors (Lipinski definition) is 2. The smallest absolute Gasteiger partial charge is 0.150 e. The van der Waals surface area contributed by atoms with Crippen LogP contribution < -0.4 is 0 Å². The Morgan fingerprint density at radius 1 is 1.06 bits per heavy atom. The largest absolute Gasteiger partial charge is 0.298 e. The highest BCUT2D eigenvalue weighted by Gasteiger charge is 2.03. The summed E-state index contributed by atoms with van der Waals surface area (Å²) in [6, 6.07) is 14.1. The average Bonchev–Trinajstić information content (AvgIpc) is 2.38. The summed E-state index contributed by atoms with van der Waals surface area (Å²) in [6.45, 7) is 4.29. The summed E-state index contributed by atoms with van der Waals surface area (Å²) in [5.74, 6) is 0.945. The highest BCUT2D eigenvalue weighted by molar-refractivity contribution is 7.98. The second-order valence-corrected chi connectivity index (χ2v) is 5.40. The minimum absolute atomic E-state index is 0.738. The van der Waals surface area contributed by atoms with Crippen LogP contribution in [0.4, 0.5) is 0 Å². The van der Waals surface area contributed by atoms with E-state index in [-0.39, 0.29) is 0 Å². The van der Waals surface area contributed by atoms with Gasteiger partial charge >= 0.3 is 0 Å². The minimum Gasteiger partial charge on any atom is -0.298 e. The van der Waals surface area contributed by atoms with Crippen molar-refractivity contribution in [2.45, 2.75) is 24.5 Å². The number of thioether (sulfide) groups is 1. The van der Waals surface area contributed by atoms with Crippen LogP contribution in [0, 0.1) is 13.8 Å². The fraction of sp³-hybridized carbons (Fsp3) is 0.188. The number of hydrogen-bond donors (Lipinski definition) is 0. The first-order chi connectivity index (χ1) is 8.70. The number of carbonyl (C=O) groups excluding carboxylic acids is 1. The third kappa shape index (κ3) is 3.02. The SMILES string of the molecule is Cc1cccc(C)c1CSc1cccc(C=O)c1. The van der Waals surface area contributed by atoms with Crippen molar-refractivity contribution in [2.24, 2.45) is 0 Å². The van der Waals surface area contributed by atoms with E-state index in [9.17, 15) is 4.79 Å². The number of rotatable bonds is 4. The molecule has 2 heteroatoms. The van der Waals surface area contributed by atoms with E-state index in [1.54, 1.807) is 11.8 Å². The molecular formula is C16H16OS. The van der Waals surface area contributed by atoms with E-state index in [2.05, 4.69) is 32.0 Å². The van der Waals surface area contributed by atoms with Crippen LogP contribution in [0.3, 0.4) is 0 Å². The molecule has 0 heterocycles. The molecule has 0 aromatic heterocycles. The quantitative estimate of drug-likeness (QED) is 0.595. The molecule has 0 saturated carbocycles.